The molecule has 0 spiro atoms. The van der Waals surface area contributed by atoms with E-state index in [0.717, 1.165) is 34.1 Å². The van der Waals surface area contributed by atoms with Gasteiger partial charge in [0.1, 0.15) is 5.75 Å². The van der Waals surface area contributed by atoms with Crippen molar-refractivity contribution in [1.82, 2.24) is 10.2 Å². The molecular formula is C15H20N4O. The molecule has 1 heterocycles. The molecule has 0 fully saturated rings. The number of nitrogens with two attached hydrogens (primary N) is 1. The van der Waals surface area contributed by atoms with Crippen LogP contribution < -0.4 is 15.4 Å². The number of anilines is 2. The number of rotatable bonds is 4. The molecule has 0 aliphatic carbocycles. The Morgan fingerprint density at radius 3 is 2.65 bits per heavy atom. The SMILES string of the molecule is COc1cccc(N(C)c2nnc(C)c(C)c2CN)c1. The normalized spacial score (nSPS) is 10.4. The highest BCUT2D eigenvalue weighted by Crippen LogP contribution is 2.29. The van der Waals surface area contributed by atoms with Crippen molar-refractivity contribution in [1.29, 1.82) is 0 Å². The van der Waals surface area contributed by atoms with Gasteiger partial charge in [-0.1, -0.05) is 6.07 Å². The molecule has 2 N–H and O–H groups in total. The van der Waals surface area contributed by atoms with Crippen LogP contribution in [-0.2, 0) is 6.54 Å². The fraction of sp³-hybridized carbons (Fsp3) is 0.333. The largest absolute Gasteiger partial charge is 0.497 e. The molecule has 1 aromatic carbocycles. The number of hydrogen-bond acceptors (Lipinski definition) is 5. The van der Waals surface area contributed by atoms with Crippen molar-refractivity contribution in [3.05, 3.63) is 41.1 Å². The monoisotopic (exact) mass is 272 g/mol. The Morgan fingerprint density at radius 1 is 1.25 bits per heavy atom. The van der Waals surface area contributed by atoms with E-state index < -0.39 is 0 Å². The molecule has 0 atom stereocenters. The lowest BCUT2D eigenvalue weighted by Gasteiger charge is -2.22. The Bertz CT molecular complexity index is 613. The van der Waals surface area contributed by atoms with Gasteiger partial charge in [-0.05, 0) is 31.5 Å². The van der Waals surface area contributed by atoms with E-state index in [4.69, 9.17) is 10.5 Å². The van der Waals surface area contributed by atoms with Crippen molar-refractivity contribution in [2.75, 3.05) is 19.1 Å². The van der Waals surface area contributed by atoms with Gasteiger partial charge < -0.3 is 15.4 Å². The summed E-state index contributed by atoms with van der Waals surface area (Å²) in [4.78, 5) is 1.98. The Morgan fingerprint density at radius 2 is 2.00 bits per heavy atom. The van der Waals surface area contributed by atoms with E-state index in [1.165, 1.54) is 0 Å². The lowest BCUT2D eigenvalue weighted by Crippen LogP contribution is -2.18. The zero-order chi connectivity index (χ0) is 14.7. The van der Waals surface area contributed by atoms with Crippen molar-refractivity contribution < 1.29 is 4.74 Å². The highest BCUT2D eigenvalue weighted by Gasteiger charge is 2.15. The van der Waals surface area contributed by atoms with Gasteiger partial charge in [-0.15, -0.1) is 5.10 Å². The molecule has 0 bridgehead atoms. The van der Waals surface area contributed by atoms with Gasteiger partial charge in [-0.3, -0.25) is 0 Å². The van der Waals surface area contributed by atoms with E-state index in [9.17, 15) is 0 Å². The smallest absolute Gasteiger partial charge is 0.160 e. The minimum absolute atomic E-state index is 0.436. The molecule has 0 aliphatic rings. The van der Waals surface area contributed by atoms with Gasteiger partial charge in [0.25, 0.3) is 0 Å². The molecule has 0 unspecified atom stereocenters. The first kappa shape index (κ1) is 14.3. The van der Waals surface area contributed by atoms with E-state index >= 15 is 0 Å². The van der Waals surface area contributed by atoms with Gasteiger partial charge in [0.15, 0.2) is 5.82 Å². The molecule has 0 radical (unpaired) electrons. The maximum atomic E-state index is 5.87. The van der Waals surface area contributed by atoms with Gasteiger partial charge >= 0.3 is 0 Å². The summed E-state index contributed by atoms with van der Waals surface area (Å²) < 4.78 is 5.25. The first-order valence-corrected chi connectivity index (χ1v) is 6.49. The third-order valence-electron chi connectivity index (χ3n) is 3.52. The van der Waals surface area contributed by atoms with Crippen molar-refractivity contribution in [3.8, 4) is 5.75 Å². The molecule has 106 valence electrons. The van der Waals surface area contributed by atoms with Gasteiger partial charge in [-0.25, -0.2) is 0 Å². The molecule has 2 rings (SSSR count). The van der Waals surface area contributed by atoms with Crippen molar-refractivity contribution in [2.45, 2.75) is 20.4 Å². The van der Waals surface area contributed by atoms with Crippen LogP contribution >= 0.6 is 0 Å². The summed E-state index contributed by atoms with van der Waals surface area (Å²) in [6.07, 6.45) is 0. The average Bonchev–Trinajstić information content (AvgIpc) is 2.49. The number of methoxy groups -OCH3 is 1. The summed E-state index contributed by atoms with van der Waals surface area (Å²) >= 11 is 0. The molecule has 20 heavy (non-hydrogen) atoms. The summed E-state index contributed by atoms with van der Waals surface area (Å²) in [6.45, 7) is 4.40. The minimum Gasteiger partial charge on any atom is -0.497 e. The molecule has 0 saturated carbocycles. The van der Waals surface area contributed by atoms with Crippen LogP contribution in [0.15, 0.2) is 24.3 Å². The second kappa shape index (κ2) is 5.88. The zero-order valence-corrected chi connectivity index (χ0v) is 12.3. The van der Waals surface area contributed by atoms with E-state index in [-0.39, 0.29) is 0 Å². The summed E-state index contributed by atoms with van der Waals surface area (Å²) in [5.74, 6) is 1.59. The van der Waals surface area contributed by atoms with Crippen molar-refractivity contribution in [3.63, 3.8) is 0 Å². The standard InChI is InChI=1S/C15H20N4O/c1-10-11(2)17-18-15(14(10)9-16)19(3)12-6-5-7-13(8-12)20-4/h5-8H,9,16H2,1-4H3. The van der Waals surface area contributed by atoms with Crippen LogP contribution in [0.3, 0.4) is 0 Å². The molecule has 0 aliphatic heterocycles. The van der Waals surface area contributed by atoms with Gasteiger partial charge in [0.2, 0.25) is 0 Å². The lowest BCUT2D eigenvalue weighted by molar-refractivity contribution is 0.415. The van der Waals surface area contributed by atoms with E-state index in [0.29, 0.717) is 6.54 Å². The lowest BCUT2D eigenvalue weighted by atomic mass is 10.1. The van der Waals surface area contributed by atoms with Crippen LogP contribution in [0.2, 0.25) is 0 Å². The summed E-state index contributed by atoms with van der Waals surface area (Å²) in [5, 5.41) is 8.49. The average molecular weight is 272 g/mol. The predicted octanol–water partition coefficient (Wildman–Crippen LogP) is 2.33. The number of nitrogens with zero attached hydrogens (tertiary/aromatic N) is 3. The van der Waals surface area contributed by atoms with Crippen LogP contribution in [0, 0.1) is 13.8 Å². The van der Waals surface area contributed by atoms with Gasteiger partial charge in [-0.2, -0.15) is 5.10 Å². The Kier molecular flexibility index (Phi) is 4.20. The van der Waals surface area contributed by atoms with Crippen molar-refractivity contribution in [2.24, 2.45) is 5.73 Å². The van der Waals surface area contributed by atoms with E-state index in [2.05, 4.69) is 10.2 Å². The molecule has 5 heteroatoms. The van der Waals surface area contributed by atoms with Crippen LogP contribution in [-0.4, -0.2) is 24.4 Å². The quantitative estimate of drug-likeness (QED) is 0.925. The van der Waals surface area contributed by atoms with Crippen LogP contribution in [0.1, 0.15) is 16.8 Å². The third-order valence-corrected chi connectivity index (χ3v) is 3.52. The number of hydrogen-bond donors (Lipinski definition) is 1. The molecule has 1 aromatic heterocycles. The molecule has 0 saturated heterocycles. The first-order valence-electron chi connectivity index (χ1n) is 6.49. The van der Waals surface area contributed by atoms with Gasteiger partial charge in [0.05, 0.1) is 12.8 Å². The molecule has 5 nitrogen and oxygen atoms in total. The fourth-order valence-electron chi connectivity index (χ4n) is 2.10. The maximum absolute atomic E-state index is 5.87. The van der Waals surface area contributed by atoms with Crippen LogP contribution in [0.25, 0.3) is 0 Å². The maximum Gasteiger partial charge on any atom is 0.160 e. The predicted molar refractivity (Wildman–Crippen MR) is 80.5 cm³/mol. The number of ether oxygens (including phenoxy) is 1. The third kappa shape index (κ3) is 2.58. The Labute approximate surface area is 119 Å². The summed E-state index contributed by atoms with van der Waals surface area (Å²) in [5.41, 5.74) is 9.87. The topological polar surface area (TPSA) is 64.3 Å². The van der Waals surface area contributed by atoms with Crippen molar-refractivity contribution >= 4 is 11.5 Å². The number of aryl methyl sites for hydroxylation is 1. The number of benzene rings is 1. The highest BCUT2D eigenvalue weighted by atomic mass is 16.5. The van der Waals surface area contributed by atoms with E-state index in [1.807, 2.05) is 50.1 Å². The highest BCUT2D eigenvalue weighted by molar-refractivity contribution is 5.64. The Hall–Kier alpha value is -2.14. The first-order chi connectivity index (χ1) is 9.58. The fourth-order valence-corrected chi connectivity index (χ4v) is 2.10. The molecule has 2 aromatic rings. The van der Waals surface area contributed by atoms with Crippen LogP contribution in [0.5, 0.6) is 5.75 Å². The second-order valence-corrected chi connectivity index (χ2v) is 4.68. The summed E-state index contributed by atoms with van der Waals surface area (Å²) in [6, 6.07) is 7.81. The zero-order valence-electron chi connectivity index (χ0n) is 12.3. The number of aromatic nitrogens is 2. The van der Waals surface area contributed by atoms with Crippen LogP contribution in [0.4, 0.5) is 11.5 Å². The Balaban J connectivity index is 2.47. The molecule has 0 amide bonds. The molecular weight excluding hydrogens is 252 g/mol. The van der Waals surface area contributed by atoms with E-state index in [1.54, 1.807) is 7.11 Å². The minimum atomic E-state index is 0.436. The summed E-state index contributed by atoms with van der Waals surface area (Å²) in [7, 11) is 3.60. The van der Waals surface area contributed by atoms with Gasteiger partial charge in [0, 0.05) is 30.9 Å². The second-order valence-electron chi connectivity index (χ2n) is 4.68.